The van der Waals surface area contributed by atoms with Crippen LogP contribution in [0.1, 0.15) is 12.0 Å². The summed E-state index contributed by atoms with van der Waals surface area (Å²) in [5, 5.41) is 0. The van der Waals surface area contributed by atoms with E-state index in [1.165, 1.54) is 6.07 Å². The van der Waals surface area contributed by atoms with Gasteiger partial charge in [0.15, 0.2) is 11.6 Å². The molecule has 0 fully saturated rings. The van der Waals surface area contributed by atoms with Crippen molar-refractivity contribution in [1.82, 2.24) is 0 Å². The van der Waals surface area contributed by atoms with Crippen LogP contribution in [-0.4, -0.2) is 20.3 Å². The summed E-state index contributed by atoms with van der Waals surface area (Å²) in [4.78, 5) is 0. The van der Waals surface area contributed by atoms with E-state index >= 15 is 0 Å². The monoisotopic (exact) mass is 213 g/mol. The molecule has 0 aliphatic carbocycles. The van der Waals surface area contributed by atoms with Gasteiger partial charge in [-0.05, 0) is 6.07 Å². The summed E-state index contributed by atoms with van der Waals surface area (Å²) >= 11 is 0. The Morgan fingerprint density at radius 3 is 2.80 bits per heavy atom. The van der Waals surface area contributed by atoms with Crippen molar-refractivity contribution in [3.05, 3.63) is 29.6 Å². The van der Waals surface area contributed by atoms with E-state index in [9.17, 15) is 4.39 Å². The van der Waals surface area contributed by atoms with Crippen molar-refractivity contribution in [2.24, 2.45) is 5.73 Å². The summed E-state index contributed by atoms with van der Waals surface area (Å²) in [7, 11) is 1.62. The maximum Gasteiger partial charge on any atom is 0.165 e. The van der Waals surface area contributed by atoms with Crippen LogP contribution in [0.4, 0.5) is 4.39 Å². The molecule has 0 saturated heterocycles. The molecule has 0 spiro atoms. The normalized spacial score (nSPS) is 10.3. The average Bonchev–Trinajstić information content (AvgIpc) is 2.26. The van der Waals surface area contributed by atoms with Crippen LogP contribution in [0, 0.1) is 5.82 Å². The van der Waals surface area contributed by atoms with Crippen molar-refractivity contribution in [3.8, 4) is 5.75 Å². The first-order valence-corrected chi connectivity index (χ1v) is 4.88. The van der Waals surface area contributed by atoms with Gasteiger partial charge in [0.05, 0.1) is 6.61 Å². The standard InChI is InChI=1S/C11H16FNO2/c1-14-6-3-7-15-11-9(8-13)4-2-5-10(11)12/h2,4-5H,3,6-8,13H2,1H3. The van der Waals surface area contributed by atoms with E-state index in [2.05, 4.69) is 0 Å². The first-order valence-electron chi connectivity index (χ1n) is 4.88. The summed E-state index contributed by atoms with van der Waals surface area (Å²) in [6.45, 7) is 1.31. The molecule has 0 bridgehead atoms. The van der Waals surface area contributed by atoms with Gasteiger partial charge in [0.25, 0.3) is 0 Å². The van der Waals surface area contributed by atoms with Crippen LogP contribution in [0.2, 0.25) is 0 Å². The molecule has 84 valence electrons. The van der Waals surface area contributed by atoms with Crippen LogP contribution in [0.25, 0.3) is 0 Å². The number of benzene rings is 1. The molecule has 1 rings (SSSR count). The Bertz CT molecular complexity index is 305. The summed E-state index contributed by atoms with van der Waals surface area (Å²) in [5.41, 5.74) is 6.17. The molecule has 0 aliphatic heterocycles. The summed E-state index contributed by atoms with van der Waals surface area (Å²) in [5.74, 6) is -0.105. The van der Waals surface area contributed by atoms with Gasteiger partial charge in [0.1, 0.15) is 0 Å². The highest BCUT2D eigenvalue weighted by atomic mass is 19.1. The molecule has 0 radical (unpaired) electrons. The van der Waals surface area contributed by atoms with Crippen LogP contribution in [0.15, 0.2) is 18.2 Å². The van der Waals surface area contributed by atoms with Crippen LogP contribution >= 0.6 is 0 Å². The SMILES string of the molecule is COCCCOc1c(F)cccc1CN. The zero-order valence-corrected chi connectivity index (χ0v) is 8.83. The number of ether oxygens (including phenoxy) is 2. The Morgan fingerprint density at radius 1 is 1.33 bits per heavy atom. The highest BCUT2D eigenvalue weighted by Gasteiger charge is 2.07. The lowest BCUT2D eigenvalue weighted by Gasteiger charge is -2.10. The third-order valence-corrected chi connectivity index (χ3v) is 2.01. The smallest absolute Gasteiger partial charge is 0.165 e. The van der Waals surface area contributed by atoms with Crippen LogP contribution < -0.4 is 10.5 Å². The van der Waals surface area contributed by atoms with Crippen molar-refractivity contribution in [1.29, 1.82) is 0 Å². The van der Waals surface area contributed by atoms with E-state index in [1.54, 1.807) is 19.2 Å². The van der Waals surface area contributed by atoms with E-state index in [0.29, 0.717) is 18.8 Å². The number of rotatable bonds is 6. The minimum Gasteiger partial charge on any atom is -0.490 e. The van der Waals surface area contributed by atoms with Gasteiger partial charge in [0, 0.05) is 32.2 Å². The van der Waals surface area contributed by atoms with Gasteiger partial charge >= 0.3 is 0 Å². The Balaban J connectivity index is 2.58. The number of halogens is 1. The molecule has 0 unspecified atom stereocenters. The summed E-state index contributed by atoms with van der Waals surface area (Å²) in [6.07, 6.45) is 0.731. The van der Waals surface area contributed by atoms with Gasteiger partial charge in [-0.25, -0.2) is 4.39 Å². The second kappa shape index (κ2) is 6.37. The minimum atomic E-state index is -0.365. The second-order valence-electron chi connectivity index (χ2n) is 3.13. The molecule has 1 aromatic rings. The largest absolute Gasteiger partial charge is 0.490 e. The third-order valence-electron chi connectivity index (χ3n) is 2.01. The minimum absolute atomic E-state index is 0.260. The number of nitrogens with two attached hydrogens (primary N) is 1. The molecular weight excluding hydrogens is 197 g/mol. The molecule has 15 heavy (non-hydrogen) atoms. The molecule has 3 nitrogen and oxygen atoms in total. The Hall–Kier alpha value is -1.13. The summed E-state index contributed by atoms with van der Waals surface area (Å²) < 4.78 is 23.5. The Kier molecular flexibility index (Phi) is 5.07. The van der Waals surface area contributed by atoms with Crippen molar-refractivity contribution < 1.29 is 13.9 Å². The maximum atomic E-state index is 13.3. The number of methoxy groups -OCH3 is 1. The lowest BCUT2D eigenvalue weighted by Crippen LogP contribution is -2.07. The fourth-order valence-corrected chi connectivity index (χ4v) is 1.25. The van der Waals surface area contributed by atoms with Gasteiger partial charge in [-0.3, -0.25) is 0 Å². The van der Waals surface area contributed by atoms with Gasteiger partial charge in [-0.2, -0.15) is 0 Å². The van der Waals surface area contributed by atoms with Gasteiger partial charge < -0.3 is 15.2 Å². The highest BCUT2D eigenvalue weighted by Crippen LogP contribution is 2.22. The fraction of sp³-hybridized carbons (Fsp3) is 0.455. The molecule has 2 N–H and O–H groups in total. The lowest BCUT2D eigenvalue weighted by atomic mass is 10.2. The van der Waals surface area contributed by atoms with Crippen molar-refractivity contribution >= 4 is 0 Å². The average molecular weight is 213 g/mol. The van der Waals surface area contributed by atoms with E-state index in [-0.39, 0.29) is 18.1 Å². The molecule has 0 aliphatic rings. The zero-order valence-electron chi connectivity index (χ0n) is 8.83. The van der Waals surface area contributed by atoms with Crippen molar-refractivity contribution in [3.63, 3.8) is 0 Å². The third kappa shape index (κ3) is 3.49. The predicted octanol–water partition coefficient (Wildman–Crippen LogP) is 1.70. The zero-order chi connectivity index (χ0) is 11.1. The molecule has 0 aromatic heterocycles. The van der Waals surface area contributed by atoms with Crippen molar-refractivity contribution in [2.75, 3.05) is 20.3 Å². The first kappa shape index (κ1) is 11.9. The molecule has 0 amide bonds. The molecule has 0 atom stereocenters. The van der Waals surface area contributed by atoms with Crippen molar-refractivity contribution in [2.45, 2.75) is 13.0 Å². The molecule has 0 saturated carbocycles. The van der Waals surface area contributed by atoms with Crippen LogP contribution in [-0.2, 0) is 11.3 Å². The van der Waals surface area contributed by atoms with Crippen LogP contribution in [0.5, 0.6) is 5.75 Å². The van der Waals surface area contributed by atoms with E-state index in [1.807, 2.05) is 0 Å². The molecule has 4 heteroatoms. The Labute approximate surface area is 89.0 Å². The first-order chi connectivity index (χ1) is 7.29. The van der Waals surface area contributed by atoms with E-state index in [4.69, 9.17) is 15.2 Å². The molecule has 1 aromatic carbocycles. The lowest BCUT2D eigenvalue weighted by molar-refractivity contribution is 0.170. The van der Waals surface area contributed by atoms with Crippen LogP contribution in [0.3, 0.4) is 0 Å². The molecular formula is C11H16FNO2. The quantitative estimate of drug-likeness (QED) is 0.731. The number of hydrogen-bond donors (Lipinski definition) is 1. The summed E-state index contributed by atoms with van der Waals surface area (Å²) in [6, 6.07) is 4.75. The van der Waals surface area contributed by atoms with Gasteiger partial charge in [-0.1, -0.05) is 12.1 Å². The number of hydrogen-bond acceptors (Lipinski definition) is 3. The van der Waals surface area contributed by atoms with E-state index < -0.39 is 0 Å². The Morgan fingerprint density at radius 2 is 2.13 bits per heavy atom. The molecule has 0 heterocycles. The number of para-hydroxylation sites is 1. The highest BCUT2D eigenvalue weighted by molar-refractivity contribution is 5.34. The maximum absolute atomic E-state index is 13.3. The van der Waals surface area contributed by atoms with Gasteiger partial charge in [-0.15, -0.1) is 0 Å². The topological polar surface area (TPSA) is 44.5 Å². The van der Waals surface area contributed by atoms with E-state index in [0.717, 1.165) is 6.42 Å². The second-order valence-corrected chi connectivity index (χ2v) is 3.13. The predicted molar refractivity (Wildman–Crippen MR) is 56.3 cm³/mol. The fourth-order valence-electron chi connectivity index (χ4n) is 1.25. The van der Waals surface area contributed by atoms with Gasteiger partial charge in [0.2, 0.25) is 0 Å².